The van der Waals surface area contributed by atoms with Gasteiger partial charge in [-0.1, -0.05) is 13.3 Å². The molecule has 3 N–H and O–H groups in total. The Hall–Kier alpha value is -0.610. The molecule has 0 saturated heterocycles. The fourth-order valence-corrected chi connectivity index (χ4v) is 3.75. The maximum absolute atomic E-state index is 12.1. The molecular weight excluding hydrogens is 250 g/mol. The third kappa shape index (κ3) is 3.34. The minimum Gasteiger partial charge on any atom is -0.368 e. The van der Waals surface area contributed by atoms with Gasteiger partial charge >= 0.3 is 0 Å². The number of nitrogens with one attached hydrogen (secondary N) is 1. The Morgan fingerprint density at radius 1 is 1.40 bits per heavy atom. The first-order chi connectivity index (χ1) is 9.49. The molecule has 4 heteroatoms. The van der Waals surface area contributed by atoms with Gasteiger partial charge in [-0.05, 0) is 65.0 Å². The molecule has 4 nitrogen and oxygen atoms in total. The molecule has 2 fully saturated rings. The van der Waals surface area contributed by atoms with Gasteiger partial charge < -0.3 is 16.0 Å². The zero-order chi connectivity index (χ0) is 14.8. The molecule has 2 atom stereocenters. The van der Waals surface area contributed by atoms with Crippen molar-refractivity contribution in [1.29, 1.82) is 0 Å². The fourth-order valence-electron chi connectivity index (χ4n) is 3.75. The lowest BCUT2D eigenvalue weighted by molar-refractivity contribution is -0.126. The Bertz CT molecular complexity index is 341. The first-order valence-electron chi connectivity index (χ1n) is 8.31. The van der Waals surface area contributed by atoms with Crippen LogP contribution >= 0.6 is 0 Å². The van der Waals surface area contributed by atoms with E-state index in [0.29, 0.717) is 18.0 Å². The van der Waals surface area contributed by atoms with Crippen LogP contribution in [0.5, 0.6) is 0 Å². The number of carbonyl (C=O) groups is 1. The van der Waals surface area contributed by atoms with Crippen LogP contribution in [0.1, 0.15) is 59.3 Å². The molecule has 1 amide bonds. The summed E-state index contributed by atoms with van der Waals surface area (Å²) < 4.78 is 0. The van der Waals surface area contributed by atoms with E-state index in [9.17, 15) is 4.79 Å². The number of carbonyl (C=O) groups excluding carboxylic acids is 1. The Balaban J connectivity index is 1.98. The number of primary amides is 1. The molecule has 2 unspecified atom stereocenters. The lowest BCUT2D eigenvalue weighted by Gasteiger charge is -2.35. The summed E-state index contributed by atoms with van der Waals surface area (Å²) in [5.41, 5.74) is 5.36. The van der Waals surface area contributed by atoms with E-state index in [-0.39, 0.29) is 5.91 Å². The van der Waals surface area contributed by atoms with Crippen LogP contribution in [-0.2, 0) is 4.79 Å². The summed E-state index contributed by atoms with van der Waals surface area (Å²) in [5, 5.41) is 3.59. The number of hydrogen-bond acceptors (Lipinski definition) is 3. The van der Waals surface area contributed by atoms with Crippen molar-refractivity contribution < 1.29 is 4.79 Å². The highest BCUT2D eigenvalue weighted by Gasteiger charge is 2.49. The number of rotatable bonds is 8. The van der Waals surface area contributed by atoms with Crippen molar-refractivity contribution in [2.24, 2.45) is 11.7 Å². The Morgan fingerprint density at radius 3 is 2.60 bits per heavy atom. The molecule has 0 radical (unpaired) electrons. The van der Waals surface area contributed by atoms with Gasteiger partial charge in [0.15, 0.2) is 0 Å². The zero-order valence-electron chi connectivity index (χ0n) is 13.3. The summed E-state index contributed by atoms with van der Waals surface area (Å²) in [5.74, 6) is 0.285. The summed E-state index contributed by atoms with van der Waals surface area (Å²) >= 11 is 0. The second-order valence-electron chi connectivity index (χ2n) is 6.85. The van der Waals surface area contributed by atoms with E-state index in [0.717, 1.165) is 38.8 Å². The molecule has 2 saturated carbocycles. The van der Waals surface area contributed by atoms with Gasteiger partial charge in [-0.15, -0.1) is 0 Å². The highest BCUT2D eigenvalue weighted by molar-refractivity contribution is 5.85. The maximum atomic E-state index is 12.1. The van der Waals surface area contributed by atoms with Crippen LogP contribution in [0.2, 0.25) is 0 Å². The van der Waals surface area contributed by atoms with Gasteiger partial charge in [0.25, 0.3) is 0 Å². The number of nitrogens with zero attached hydrogens (tertiary/aromatic N) is 1. The quantitative estimate of drug-likeness (QED) is 0.714. The molecule has 0 aliphatic heterocycles. The van der Waals surface area contributed by atoms with Crippen LogP contribution in [0.3, 0.4) is 0 Å². The largest absolute Gasteiger partial charge is 0.368 e. The Labute approximate surface area is 123 Å². The first-order valence-corrected chi connectivity index (χ1v) is 8.31. The monoisotopic (exact) mass is 281 g/mol. The lowest BCUT2D eigenvalue weighted by atomic mass is 9.83. The highest BCUT2D eigenvalue weighted by atomic mass is 16.1. The molecule has 0 aromatic carbocycles. The summed E-state index contributed by atoms with van der Waals surface area (Å²) in [7, 11) is 0. The van der Waals surface area contributed by atoms with Gasteiger partial charge in [-0.3, -0.25) is 4.79 Å². The molecule has 0 bridgehead atoms. The normalized spacial score (nSPS) is 30.4. The number of nitrogens with two attached hydrogens (primary N) is 1. The van der Waals surface area contributed by atoms with Crippen LogP contribution in [0, 0.1) is 5.92 Å². The van der Waals surface area contributed by atoms with E-state index in [1.807, 2.05) is 0 Å². The molecule has 20 heavy (non-hydrogen) atoms. The second-order valence-corrected chi connectivity index (χ2v) is 6.85. The lowest BCUT2D eigenvalue weighted by Crippen LogP contribution is -2.59. The third-order valence-electron chi connectivity index (χ3n) is 5.20. The van der Waals surface area contributed by atoms with Gasteiger partial charge in [-0.25, -0.2) is 0 Å². The topological polar surface area (TPSA) is 58.4 Å². The summed E-state index contributed by atoms with van der Waals surface area (Å²) in [4.78, 5) is 14.6. The van der Waals surface area contributed by atoms with Crippen molar-refractivity contribution >= 4 is 5.91 Å². The van der Waals surface area contributed by atoms with Gasteiger partial charge in [0, 0.05) is 12.1 Å². The summed E-state index contributed by atoms with van der Waals surface area (Å²) in [6.07, 6.45) is 6.68. The van der Waals surface area contributed by atoms with E-state index < -0.39 is 5.54 Å². The molecular formula is C16H31N3O. The first kappa shape index (κ1) is 15.8. The van der Waals surface area contributed by atoms with Gasteiger partial charge in [0.2, 0.25) is 5.91 Å². The van der Waals surface area contributed by atoms with Crippen molar-refractivity contribution in [3.8, 4) is 0 Å². The smallest absolute Gasteiger partial charge is 0.238 e. The van der Waals surface area contributed by atoms with Crippen molar-refractivity contribution in [2.45, 2.75) is 76.9 Å². The predicted molar refractivity (Wildman–Crippen MR) is 82.4 cm³/mol. The molecule has 2 rings (SSSR count). The number of amides is 1. The average Bonchev–Trinajstić information content (AvgIpc) is 3.10. The minimum atomic E-state index is -0.419. The van der Waals surface area contributed by atoms with Crippen LogP contribution < -0.4 is 11.1 Å². The summed E-state index contributed by atoms with van der Waals surface area (Å²) in [6, 6.07) is 1.11. The molecule has 0 spiro atoms. The SMILES string of the molecule is CCN(CCC1CCCC1(NC1CC1)C(N)=O)C(C)C. The minimum absolute atomic E-state index is 0.125. The van der Waals surface area contributed by atoms with E-state index in [1.54, 1.807) is 0 Å². The average molecular weight is 281 g/mol. The highest BCUT2D eigenvalue weighted by Crippen LogP contribution is 2.40. The van der Waals surface area contributed by atoms with Crippen molar-refractivity contribution in [3.05, 3.63) is 0 Å². The molecule has 2 aliphatic rings. The molecule has 0 heterocycles. The summed E-state index contributed by atoms with van der Waals surface area (Å²) in [6.45, 7) is 8.83. The van der Waals surface area contributed by atoms with Crippen LogP contribution in [-0.4, -0.2) is 41.5 Å². The maximum Gasteiger partial charge on any atom is 0.238 e. The van der Waals surface area contributed by atoms with E-state index in [1.165, 1.54) is 12.8 Å². The third-order valence-corrected chi connectivity index (χ3v) is 5.20. The molecule has 2 aliphatic carbocycles. The van der Waals surface area contributed by atoms with E-state index in [4.69, 9.17) is 5.73 Å². The van der Waals surface area contributed by atoms with Crippen LogP contribution in [0.15, 0.2) is 0 Å². The van der Waals surface area contributed by atoms with E-state index >= 15 is 0 Å². The van der Waals surface area contributed by atoms with E-state index in [2.05, 4.69) is 31.0 Å². The van der Waals surface area contributed by atoms with Crippen molar-refractivity contribution in [3.63, 3.8) is 0 Å². The van der Waals surface area contributed by atoms with Gasteiger partial charge in [-0.2, -0.15) is 0 Å². The standard InChI is InChI=1S/C16H31N3O/c1-4-19(12(2)3)11-9-13-6-5-10-16(13,15(17)20)18-14-7-8-14/h12-14,18H,4-11H2,1-3H3,(H2,17,20). The van der Waals surface area contributed by atoms with Crippen molar-refractivity contribution in [1.82, 2.24) is 10.2 Å². The van der Waals surface area contributed by atoms with Crippen molar-refractivity contribution in [2.75, 3.05) is 13.1 Å². The predicted octanol–water partition coefficient (Wildman–Crippen LogP) is 1.88. The van der Waals surface area contributed by atoms with Gasteiger partial charge in [0.05, 0.1) is 0 Å². The van der Waals surface area contributed by atoms with Crippen LogP contribution in [0.25, 0.3) is 0 Å². The second kappa shape index (κ2) is 6.44. The molecule has 116 valence electrons. The Kier molecular flexibility index (Phi) is 5.08. The van der Waals surface area contributed by atoms with Gasteiger partial charge in [0.1, 0.15) is 5.54 Å². The van der Waals surface area contributed by atoms with Crippen LogP contribution in [0.4, 0.5) is 0 Å². The fraction of sp³-hybridized carbons (Fsp3) is 0.938. The molecule has 0 aromatic heterocycles. The zero-order valence-corrected chi connectivity index (χ0v) is 13.3. The molecule has 0 aromatic rings. The Morgan fingerprint density at radius 2 is 2.10 bits per heavy atom. The number of hydrogen-bond donors (Lipinski definition) is 2.